The number of rotatable bonds is 15. The van der Waals surface area contributed by atoms with Crippen molar-refractivity contribution in [3.05, 3.63) is 582 Å². The SMILES string of the molecule is c1ccc(-c2ccc(-n3c4ccc(-c5ccc6c(c5)c5ccccc5n6-c5ccccc5)cc4c4ccc(-c5ccccc5)cc43)cc2)cc1.c1ccc(-c2cccc(-n3c4ccc(-c5ccc6c(c5)c5ccccc5n6-c5ccccc5)cc4c4ccc(-c5ccccc5)cc43)c2)cc1.c1ccc(-c2cccc(-n3c4ccccc4c4cc(-c5ccc6c(c5)c5ccc(-c7ccccc7)cc5n6-c5ccccc5)ccc43)c2)cc1. The van der Waals surface area contributed by atoms with E-state index in [9.17, 15) is 0 Å². The summed E-state index contributed by atoms with van der Waals surface area (Å²) in [5.74, 6) is 0. The summed E-state index contributed by atoms with van der Waals surface area (Å²) in [6.45, 7) is 0. The molecule has 0 spiro atoms. The van der Waals surface area contributed by atoms with E-state index in [4.69, 9.17) is 0 Å². The predicted molar refractivity (Wildman–Crippen MR) is 634 cm³/mol. The minimum atomic E-state index is 1.15. The Bertz CT molecular complexity index is 10400. The lowest BCUT2D eigenvalue weighted by atomic mass is 9.99. The first-order valence-electron chi connectivity index (χ1n) is 51.6. The van der Waals surface area contributed by atoms with Crippen molar-refractivity contribution in [1.29, 1.82) is 0 Å². The van der Waals surface area contributed by atoms with E-state index in [1.165, 1.54) is 242 Å². The third kappa shape index (κ3) is 15.6. The second kappa shape index (κ2) is 37.4. The molecule has 6 heteroatoms. The fraction of sp³-hybridized carbons (Fsp3) is 0. The lowest BCUT2D eigenvalue weighted by Gasteiger charge is -2.11. The molecule has 24 aromatic carbocycles. The zero-order chi connectivity index (χ0) is 99.1. The number of benzene rings is 24. The van der Waals surface area contributed by atoms with E-state index in [1.807, 2.05) is 0 Å². The van der Waals surface area contributed by atoms with Crippen LogP contribution in [0.25, 0.3) is 265 Å². The molecule has 0 N–H and O–H groups in total. The molecule has 0 radical (unpaired) electrons. The summed E-state index contributed by atoms with van der Waals surface area (Å²) in [5, 5.41) is 15.0. The summed E-state index contributed by atoms with van der Waals surface area (Å²) in [6, 6.07) is 211. The van der Waals surface area contributed by atoms with Gasteiger partial charge in [0.1, 0.15) is 0 Å². The van der Waals surface area contributed by atoms with E-state index in [2.05, 4.69) is 610 Å². The van der Waals surface area contributed by atoms with Gasteiger partial charge in [0.25, 0.3) is 0 Å². The van der Waals surface area contributed by atoms with Crippen LogP contribution in [0.4, 0.5) is 0 Å². The van der Waals surface area contributed by atoms with Crippen molar-refractivity contribution in [3.63, 3.8) is 0 Å². The summed E-state index contributed by atoms with van der Waals surface area (Å²) in [6.07, 6.45) is 0. The van der Waals surface area contributed by atoms with Gasteiger partial charge in [0.15, 0.2) is 0 Å². The molecule has 6 aromatic heterocycles. The number of aromatic nitrogens is 6. The molecule has 702 valence electrons. The highest BCUT2D eigenvalue weighted by molar-refractivity contribution is 6.18. The van der Waals surface area contributed by atoms with Crippen LogP contribution in [-0.2, 0) is 0 Å². The van der Waals surface area contributed by atoms with E-state index < -0.39 is 0 Å². The van der Waals surface area contributed by atoms with Gasteiger partial charge in [-0.2, -0.15) is 0 Å². The van der Waals surface area contributed by atoms with Crippen LogP contribution in [-0.4, -0.2) is 27.4 Å². The third-order valence-corrected chi connectivity index (χ3v) is 30.3. The van der Waals surface area contributed by atoms with Crippen molar-refractivity contribution in [1.82, 2.24) is 27.4 Å². The number of para-hydroxylation sites is 6. The lowest BCUT2D eigenvalue weighted by Crippen LogP contribution is -1.95. The van der Waals surface area contributed by atoms with Gasteiger partial charge in [-0.3, -0.25) is 0 Å². The van der Waals surface area contributed by atoms with E-state index in [0.29, 0.717) is 0 Å². The first-order valence-corrected chi connectivity index (χ1v) is 51.6. The molecule has 0 atom stereocenters. The minimum Gasteiger partial charge on any atom is -0.309 e. The molecule has 0 saturated heterocycles. The molecule has 150 heavy (non-hydrogen) atoms. The van der Waals surface area contributed by atoms with E-state index in [1.54, 1.807) is 0 Å². The maximum Gasteiger partial charge on any atom is 0.0547 e. The Balaban J connectivity index is 0.000000108. The molecule has 0 unspecified atom stereocenters. The van der Waals surface area contributed by atoms with Crippen LogP contribution in [0.1, 0.15) is 0 Å². The fourth-order valence-corrected chi connectivity index (χ4v) is 23.2. The van der Waals surface area contributed by atoms with Crippen molar-refractivity contribution < 1.29 is 0 Å². The molecule has 0 amide bonds. The first kappa shape index (κ1) is 87.8. The minimum absolute atomic E-state index is 1.15. The van der Waals surface area contributed by atoms with Crippen LogP contribution >= 0.6 is 0 Å². The summed E-state index contributed by atoms with van der Waals surface area (Å²) in [5.41, 5.74) is 43.3. The number of hydrogen-bond acceptors (Lipinski definition) is 0. The van der Waals surface area contributed by atoms with E-state index in [-0.39, 0.29) is 0 Å². The maximum atomic E-state index is 2.43. The van der Waals surface area contributed by atoms with Gasteiger partial charge in [-0.25, -0.2) is 0 Å². The van der Waals surface area contributed by atoms with Crippen LogP contribution in [0.15, 0.2) is 582 Å². The first-order chi connectivity index (χ1) is 74.4. The van der Waals surface area contributed by atoms with Gasteiger partial charge in [0, 0.05) is 98.8 Å². The third-order valence-electron chi connectivity index (χ3n) is 30.3. The van der Waals surface area contributed by atoms with Crippen LogP contribution < -0.4 is 0 Å². The van der Waals surface area contributed by atoms with Crippen molar-refractivity contribution in [2.45, 2.75) is 0 Å². The standard InChI is InChI=1S/3C48H32N2/c1-4-13-33(14-5-1)35-17-12-20-40(29-35)50-45-22-11-10-21-41(45)43-30-36(25-28-47(43)50)37-24-27-46-44(31-37)42-26-23-38(34-15-6-2-7-16-34)32-48(42)49(46)39-18-8-3-9-19-39;1-4-13-33(14-5-1)35-17-12-20-40(29-35)50-47-28-25-37(31-44(47)42-26-23-38(32-48(42)50)34-15-6-2-7-16-34)36-24-27-46-43(30-36)41-21-10-11-22-45(41)49(46)39-18-8-3-9-19-39;1-4-12-33(13-5-1)35-20-25-40(26-21-35)50-47-29-24-37(31-44(47)42-27-22-38(32-48(42)50)34-14-6-2-7-15-34)36-23-28-46-43(30-36)41-18-10-11-19-45(41)49(46)39-16-8-3-9-17-39/h3*1-32H. The Morgan fingerprint density at radius 2 is 0.227 bits per heavy atom. The quantitative estimate of drug-likeness (QED) is 0.0979. The topological polar surface area (TPSA) is 29.6 Å². The van der Waals surface area contributed by atoms with Gasteiger partial charge in [-0.05, 0) is 282 Å². The lowest BCUT2D eigenvalue weighted by molar-refractivity contribution is 1.18. The molecule has 0 aliphatic carbocycles. The summed E-state index contributed by atoms with van der Waals surface area (Å²) < 4.78 is 14.4. The Morgan fingerprint density at radius 1 is 0.0733 bits per heavy atom. The van der Waals surface area contributed by atoms with Gasteiger partial charge in [-0.15, -0.1) is 0 Å². The molecular formula is C144H96N6. The maximum absolute atomic E-state index is 2.43. The summed E-state index contributed by atoms with van der Waals surface area (Å²) in [4.78, 5) is 0. The molecule has 30 rings (SSSR count). The Morgan fingerprint density at radius 3 is 0.493 bits per heavy atom. The summed E-state index contributed by atoms with van der Waals surface area (Å²) >= 11 is 0. The number of hydrogen-bond donors (Lipinski definition) is 0. The Kier molecular flexibility index (Phi) is 21.9. The Hall–Kier alpha value is -19.9. The van der Waals surface area contributed by atoms with Gasteiger partial charge in [0.05, 0.1) is 66.2 Å². The summed E-state index contributed by atoms with van der Waals surface area (Å²) in [7, 11) is 0. The Labute approximate surface area is 868 Å². The molecule has 6 nitrogen and oxygen atoms in total. The molecule has 30 aromatic rings. The number of nitrogens with zero attached hydrogens (tertiary/aromatic N) is 6. The van der Waals surface area contributed by atoms with Crippen LogP contribution in [0.3, 0.4) is 0 Å². The average Bonchev–Trinajstić information content (AvgIpc) is 1.58. The van der Waals surface area contributed by atoms with Gasteiger partial charge in [0.2, 0.25) is 0 Å². The van der Waals surface area contributed by atoms with E-state index in [0.717, 1.165) is 22.7 Å². The van der Waals surface area contributed by atoms with Crippen LogP contribution in [0.2, 0.25) is 0 Å². The highest BCUT2D eigenvalue weighted by Crippen LogP contribution is 2.47. The largest absolute Gasteiger partial charge is 0.309 e. The monoisotopic (exact) mass is 1910 g/mol. The highest BCUT2D eigenvalue weighted by Gasteiger charge is 2.25. The zero-order valence-electron chi connectivity index (χ0n) is 82.1. The molecule has 0 aliphatic rings. The van der Waals surface area contributed by atoms with Crippen LogP contribution in [0, 0.1) is 0 Å². The van der Waals surface area contributed by atoms with Gasteiger partial charge < -0.3 is 27.4 Å². The van der Waals surface area contributed by atoms with Gasteiger partial charge >= 0.3 is 0 Å². The number of fused-ring (bicyclic) bond motifs is 18. The van der Waals surface area contributed by atoms with Crippen LogP contribution in [0.5, 0.6) is 0 Å². The second-order valence-corrected chi connectivity index (χ2v) is 39.0. The second-order valence-electron chi connectivity index (χ2n) is 39.0. The normalized spacial score (nSPS) is 11.6. The molecule has 0 bridgehead atoms. The molecule has 0 saturated carbocycles. The highest BCUT2D eigenvalue weighted by atomic mass is 15.0. The van der Waals surface area contributed by atoms with Crippen molar-refractivity contribution >= 4 is 131 Å². The van der Waals surface area contributed by atoms with E-state index >= 15 is 0 Å². The van der Waals surface area contributed by atoms with Crippen molar-refractivity contribution in [2.24, 2.45) is 0 Å². The molecule has 6 heterocycles. The fourth-order valence-electron chi connectivity index (χ4n) is 23.2. The molecular weight excluding hydrogens is 1810 g/mol. The van der Waals surface area contributed by atoms with Gasteiger partial charge in [-0.1, -0.05) is 400 Å². The zero-order valence-corrected chi connectivity index (χ0v) is 82.1. The predicted octanol–water partition coefficient (Wildman–Crippen LogP) is 38.6. The van der Waals surface area contributed by atoms with Crippen molar-refractivity contribution in [2.75, 3.05) is 0 Å². The molecule has 0 aliphatic heterocycles. The van der Waals surface area contributed by atoms with Crippen molar-refractivity contribution in [3.8, 4) is 134 Å². The average molecular weight is 1910 g/mol. The molecule has 0 fully saturated rings. The smallest absolute Gasteiger partial charge is 0.0547 e.